The van der Waals surface area contributed by atoms with Crippen LogP contribution in [0.5, 0.6) is 5.75 Å². The zero-order valence-corrected chi connectivity index (χ0v) is 28.2. The van der Waals surface area contributed by atoms with Gasteiger partial charge < -0.3 is 29.7 Å². The Hall–Kier alpha value is -3.66. The highest BCUT2D eigenvalue weighted by Crippen LogP contribution is 2.59. The largest absolute Gasteiger partial charge is 0.494 e. The molecule has 0 aromatic heterocycles. The molecule has 0 bridgehead atoms. The molecule has 1 saturated heterocycles. The highest BCUT2D eigenvalue weighted by Gasteiger charge is 2.67. The van der Waals surface area contributed by atoms with E-state index in [0.717, 1.165) is 64.2 Å². The highest BCUT2D eigenvalue weighted by atomic mass is 16.5. The van der Waals surface area contributed by atoms with E-state index in [4.69, 9.17) is 14.2 Å². The van der Waals surface area contributed by atoms with Crippen molar-refractivity contribution in [2.45, 2.75) is 109 Å². The van der Waals surface area contributed by atoms with Crippen LogP contribution in [0.25, 0.3) is 0 Å². The summed E-state index contributed by atoms with van der Waals surface area (Å²) >= 11 is 0. The first-order valence-electron chi connectivity index (χ1n) is 17.4. The molecule has 260 valence electrons. The normalized spacial score (nSPS) is 20.1. The van der Waals surface area contributed by atoms with Crippen molar-refractivity contribution in [3.63, 3.8) is 0 Å². The van der Waals surface area contributed by atoms with Crippen LogP contribution in [0.3, 0.4) is 0 Å². The standard InChI is InChI=1S/C37H55N3O7/c1-4-7-9-10-11-12-13-17-21-33(41)39-30(22-24-47-29-19-15-14-16-20-29)35(43)38-27-34(42)40-31(36(44)46-6-3)25-37(26-32(37)40)28-45-23-18-8-5-2/h4-5,14-16,19-20,30-32H,1-2,6-13,17-18,21-28H2,3H3,(H,38,43)(H,39,41)/t30-,31-,32-,37+/m0/s1. The summed E-state index contributed by atoms with van der Waals surface area (Å²) in [5.74, 6) is -0.805. The minimum absolute atomic E-state index is 0.141. The fourth-order valence-electron chi connectivity index (χ4n) is 6.25. The SMILES string of the molecule is C=CCCCCCCCCC(=O)N[C@@H](CCOc1ccccc1)C(=O)NCC(=O)N1[C@H]2C[C@@]2(COCCCC=C)C[C@H]1C(=O)OCC. The number of carbonyl (C=O) groups excluding carboxylic acids is 4. The maximum absolute atomic E-state index is 13.5. The number of hydrogen-bond donors (Lipinski definition) is 2. The molecule has 4 atom stereocenters. The second kappa shape index (κ2) is 20.5. The van der Waals surface area contributed by atoms with Crippen LogP contribution in [0.15, 0.2) is 55.6 Å². The third kappa shape index (κ3) is 12.5. The molecule has 10 heteroatoms. The van der Waals surface area contributed by atoms with Crippen molar-refractivity contribution in [1.29, 1.82) is 0 Å². The number of benzene rings is 1. The van der Waals surface area contributed by atoms with Gasteiger partial charge in [-0.15, -0.1) is 13.2 Å². The molecule has 2 fully saturated rings. The molecule has 1 aromatic carbocycles. The van der Waals surface area contributed by atoms with Gasteiger partial charge in [-0.05, 0) is 64.0 Å². The Balaban J connectivity index is 1.54. The van der Waals surface area contributed by atoms with E-state index >= 15 is 0 Å². The average Bonchev–Trinajstić information content (AvgIpc) is 3.67. The second-order valence-corrected chi connectivity index (χ2v) is 12.6. The molecule has 3 rings (SSSR count). The van der Waals surface area contributed by atoms with Crippen LogP contribution in [0.4, 0.5) is 0 Å². The zero-order chi connectivity index (χ0) is 33.9. The van der Waals surface area contributed by atoms with Gasteiger partial charge in [-0.1, -0.05) is 56.0 Å². The molecule has 47 heavy (non-hydrogen) atoms. The summed E-state index contributed by atoms with van der Waals surface area (Å²) in [5, 5.41) is 5.58. The second-order valence-electron chi connectivity index (χ2n) is 12.6. The Kier molecular flexibility index (Phi) is 16.5. The first-order valence-corrected chi connectivity index (χ1v) is 17.4. The van der Waals surface area contributed by atoms with E-state index in [1.807, 2.05) is 42.5 Å². The van der Waals surface area contributed by atoms with E-state index in [0.29, 0.717) is 31.8 Å². The molecule has 0 radical (unpaired) electrons. The van der Waals surface area contributed by atoms with E-state index in [-0.39, 0.29) is 49.5 Å². The number of hydrogen-bond acceptors (Lipinski definition) is 7. The molecule has 1 aliphatic carbocycles. The molecular weight excluding hydrogens is 598 g/mol. The number of para-hydroxylation sites is 1. The van der Waals surface area contributed by atoms with Gasteiger partial charge in [0, 0.05) is 30.9 Å². The average molecular weight is 654 g/mol. The molecule has 2 aliphatic rings. The van der Waals surface area contributed by atoms with Crippen LogP contribution < -0.4 is 15.4 Å². The minimum Gasteiger partial charge on any atom is -0.494 e. The van der Waals surface area contributed by atoms with Crippen LogP contribution in [-0.2, 0) is 28.7 Å². The summed E-state index contributed by atoms with van der Waals surface area (Å²) < 4.78 is 17.0. The monoisotopic (exact) mass is 653 g/mol. The number of likely N-dealkylation sites (tertiary alicyclic amines) is 1. The van der Waals surface area contributed by atoms with Crippen molar-refractivity contribution >= 4 is 23.7 Å². The summed E-state index contributed by atoms with van der Waals surface area (Å²) in [4.78, 5) is 54.2. The number of esters is 1. The quantitative estimate of drug-likeness (QED) is 0.0838. The lowest BCUT2D eigenvalue weighted by Crippen LogP contribution is -2.52. The van der Waals surface area contributed by atoms with Crippen LogP contribution in [0.1, 0.15) is 90.4 Å². The van der Waals surface area contributed by atoms with Crippen molar-refractivity contribution < 1.29 is 33.4 Å². The molecule has 2 N–H and O–H groups in total. The van der Waals surface area contributed by atoms with Gasteiger partial charge in [0.15, 0.2) is 0 Å². The van der Waals surface area contributed by atoms with Gasteiger partial charge in [-0.25, -0.2) is 4.79 Å². The number of nitrogens with zero attached hydrogens (tertiary/aromatic N) is 1. The van der Waals surface area contributed by atoms with Crippen LogP contribution in [0, 0.1) is 5.41 Å². The zero-order valence-electron chi connectivity index (χ0n) is 28.2. The predicted molar refractivity (Wildman–Crippen MR) is 182 cm³/mol. The van der Waals surface area contributed by atoms with E-state index in [1.54, 1.807) is 11.8 Å². The fraction of sp³-hybridized carbons (Fsp3) is 0.622. The predicted octanol–water partition coefficient (Wildman–Crippen LogP) is 5.27. The van der Waals surface area contributed by atoms with Crippen molar-refractivity contribution in [3.8, 4) is 5.75 Å². The van der Waals surface area contributed by atoms with E-state index in [1.165, 1.54) is 0 Å². The maximum Gasteiger partial charge on any atom is 0.328 e. The summed E-state index contributed by atoms with van der Waals surface area (Å²) in [6, 6.07) is 7.52. The summed E-state index contributed by atoms with van der Waals surface area (Å²) in [7, 11) is 0. The van der Waals surface area contributed by atoms with Gasteiger partial charge in [0.25, 0.3) is 0 Å². The number of carbonyl (C=O) groups is 4. The Morgan fingerprint density at radius 3 is 2.38 bits per heavy atom. The molecular formula is C37H55N3O7. The molecule has 1 saturated carbocycles. The number of amides is 3. The van der Waals surface area contributed by atoms with Gasteiger partial charge in [-0.2, -0.15) is 0 Å². The van der Waals surface area contributed by atoms with Crippen molar-refractivity contribution in [1.82, 2.24) is 15.5 Å². The Morgan fingerprint density at radius 1 is 0.957 bits per heavy atom. The van der Waals surface area contributed by atoms with E-state index in [9.17, 15) is 19.2 Å². The third-order valence-corrected chi connectivity index (χ3v) is 8.90. The smallest absolute Gasteiger partial charge is 0.328 e. The van der Waals surface area contributed by atoms with Gasteiger partial charge in [0.1, 0.15) is 17.8 Å². The topological polar surface area (TPSA) is 123 Å². The number of ether oxygens (including phenoxy) is 3. The number of nitrogens with one attached hydrogen (secondary N) is 2. The van der Waals surface area contributed by atoms with Crippen LogP contribution in [-0.4, -0.2) is 79.7 Å². The minimum atomic E-state index is -0.874. The first kappa shape index (κ1) is 37.8. The number of rotatable bonds is 25. The molecule has 1 heterocycles. The third-order valence-electron chi connectivity index (χ3n) is 8.90. The van der Waals surface area contributed by atoms with E-state index in [2.05, 4.69) is 23.8 Å². The molecule has 1 aliphatic heterocycles. The molecule has 3 amide bonds. The van der Waals surface area contributed by atoms with Crippen molar-refractivity contribution in [3.05, 3.63) is 55.6 Å². The van der Waals surface area contributed by atoms with Gasteiger partial charge in [-0.3, -0.25) is 14.4 Å². The first-order chi connectivity index (χ1) is 22.8. The number of unbranched alkanes of at least 4 members (excludes halogenated alkanes) is 7. The lowest BCUT2D eigenvalue weighted by atomic mass is 10.0. The van der Waals surface area contributed by atoms with Gasteiger partial charge in [0.2, 0.25) is 17.7 Å². The summed E-state index contributed by atoms with van der Waals surface area (Å²) in [5.41, 5.74) is -0.276. The lowest BCUT2D eigenvalue weighted by molar-refractivity contribution is -0.154. The molecule has 10 nitrogen and oxygen atoms in total. The fourth-order valence-corrected chi connectivity index (χ4v) is 6.25. The number of piperidine rings is 1. The van der Waals surface area contributed by atoms with Crippen molar-refractivity contribution in [2.24, 2.45) is 5.41 Å². The lowest BCUT2D eigenvalue weighted by Gasteiger charge is -2.26. The Bertz CT molecular complexity index is 1160. The van der Waals surface area contributed by atoms with Gasteiger partial charge >= 0.3 is 5.97 Å². The maximum atomic E-state index is 13.5. The Labute approximate surface area is 280 Å². The number of fused-ring (bicyclic) bond motifs is 1. The molecule has 1 aromatic rings. The van der Waals surface area contributed by atoms with Crippen molar-refractivity contribution in [2.75, 3.05) is 33.0 Å². The highest BCUT2D eigenvalue weighted by molar-refractivity contribution is 5.92. The molecule has 0 spiro atoms. The number of allylic oxidation sites excluding steroid dienone is 2. The summed E-state index contributed by atoms with van der Waals surface area (Å²) in [6.07, 6.45) is 14.5. The van der Waals surface area contributed by atoms with E-state index < -0.39 is 24.0 Å². The van der Waals surface area contributed by atoms with Gasteiger partial charge in [0.05, 0.1) is 26.4 Å². The van der Waals surface area contributed by atoms with Crippen LogP contribution in [0.2, 0.25) is 0 Å². The molecule has 0 unspecified atom stereocenters. The van der Waals surface area contributed by atoms with Crippen LogP contribution >= 0.6 is 0 Å². The Morgan fingerprint density at radius 2 is 1.66 bits per heavy atom. The summed E-state index contributed by atoms with van der Waals surface area (Å²) in [6.45, 7) is 10.4.